The Bertz CT molecular complexity index is 894. The average Bonchev–Trinajstić information content (AvgIpc) is 2.77. The molecule has 122 valence electrons. The van der Waals surface area contributed by atoms with E-state index in [1.807, 2.05) is 37.3 Å². The number of ether oxygens (including phenoxy) is 1. The molecule has 0 fully saturated rings. The number of benzene rings is 2. The van der Waals surface area contributed by atoms with Gasteiger partial charge in [-0.25, -0.2) is 9.97 Å². The van der Waals surface area contributed by atoms with Crippen molar-refractivity contribution < 1.29 is 4.74 Å². The molecule has 0 aliphatic carbocycles. The monoisotopic (exact) mass is 320 g/mol. The lowest BCUT2D eigenvalue weighted by Crippen LogP contribution is -2.26. The maximum Gasteiger partial charge on any atom is 0.145 e. The molecule has 0 atom stereocenters. The molecule has 0 spiro atoms. The van der Waals surface area contributed by atoms with E-state index in [0.717, 1.165) is 41.1 Å². The van der Waals surface area contributed by atoms with Gasteiger partial charge in [0.25, 0.3) is 0 Å². The minimum Gasteiger partial charge on any atom is -0.492 e. The second-order valence-electron chi connectivity index (χ2n) is 6.21. The Labute approximate surface area is 141 Å². The normalized spacial score (nSPS) is 14.9. The molecule has 0 amide bonds. The van der Waals surface area contributed by atoms with Crippen LogP contribution in [-0.4, -0.2) is 28.0 Å². The zero-order chi connectivity index (χ0) is 16.5. The number of para-hydroxylation sites is 1. The number of nitrogens with two attached hydrogens (primary N) is 1. The molecule has 1 aromatic heterocycles. The number of rotatable bonds is 2. The van der Waals surface area contributed by atoms with Gasteiger partial charge in [0.05, 0.1) is 12.1 Å². The fourth-order valence-electron chi connectivity index (χ4n) is 3.10. The van der Waals surface area contributed by atoms with Crippen LogP contribution in [0, 0.1) is 6.92 Å². The van der Waals surface area contributed by atoms with Crippen molar-refractivity contribution in [3.8, 4) is 5.75 Å². The van der Waals surface area contributed by atoms with Crippen LogP contribution in [-0.2, 0) is 13.1 Å². The highest BCUT2D eigenvalue weighted by Gasteiger charge is 2.16. The van der Waals surface area contributed by atoms with Crippen molar-refractivity contribution in [3.05, 3.63) is 59.4 Å². The van der Waals surface area contributed by atoms with Gasteiger partial charge in [0.1, 0.15) is 24.0 Å². The molecule has 5 nitrogen and oxygen atoms in total. The molecule has 3 aromatic rings. The fraction of sp³-hybridized carbons (Fsp3) is 0.263. The van der Waals surface area contributed by atoms with Gasteiger partial charge in [0.15, 0.2) is 0 Å². The maximum absolute atomic E-state index is 6.14. The van der Waals surface area contributed by atoms with Crippen molar-refractivity contribution >= 4 is 16.7 Å². The molecule has 0 saturated carbocycles. The molecule has 0 saturated heterocycles. The molecule has 1 aliphatic rings. The fourth-order valence-corrected chi connectivity index (χ4v) is 3.10. The van der Waals surface area contributed by atoms with Gasteiger partial charge < -0.3 is 10.5 Å². The average molecular weight is 320 g/mol. The third-order valence-corrected chi connectivity index (χ3v) is 4.32. The molecule has 2 N–H and O–H groups in total. The minimum absolute atomic E-state index is 0.546. The van der Waals surface area contributed by atoms with Crippen molar-refractivity contribution in [1.82, 2.24) is 14.9 Å². The Morgan fingerprint density at radius 2 is 2.04 bits per heavy atom. The number of aryl methyl sites for hydroxylation is 1. The molecule has 0 bridgehead atoms. The summed E-state index contributed by atoms with van der Waals surface area (Å²) >= 11 is 0. The van der Waals surface area contributed by atoms with Gasteiger partial charge in [-0.2, -0.15) is 0 Å². The third-order valence-electron chi connectivity index (χ3n) is 4.32. The highest BCUT2D eigenvalue weighted by Crippen LogP contribution is 2.24. The largest absolute Gasteiger partial charge is 0.492 e. The number of aromatic nitrogens is 2. The summed E-state index contributed by atoms with van der Waals surface area (Å²) < 4.78 is 5.82. The van der Waals surface area contributed by atoms with Crippen LogP contribution in [0.1, 0.15) is 17.0 Å². The molecule has 5 heteroatoms. The zero-order valence-corrected chi connectivity index (χ0v) is 13.7. The molecule has 24 heavy (non-hydrogen) atoms. The van der Waals surface area contributed by atoms with Crippen molar-refractivity contribution in [1.29, 1.82) is 0 Å². The number of hydrogen-bond acceptors (Lipinski definition) is 5. The predicted octanol–water partition coefficient (Wildman–Crippen LogP) is 2.92. The smallest absolute Gasteiger partial charge is 0.145 e. The summed E-state index contributed by atoms with van der Waals surface area (Å²) in [5.41, 5.74) is 9.39. The number of hydrogen-bond donors (Lipinski definition) is 1. The van der Waals surface area contributed by atoms with Gasteiger partial charge in [-0.1, -0.05) is 29.8 Å². The topological polar surface area (TPSA) is 64.3 Å². The summed E-state index contributed by atoms with van der Waals surface area (Å²) in [6.45, 7) is 5.03. The van der Waals surface area contributed by atoms with Gasteiger partial charge in [-0.05, 0) is 25.1 Å². The van der Waals surface area contributed by atoms with Crippen molar-refractivity contribution in [2.24, 2.45) is 0 Å². The van der Waals surface area contributed by atoms with Crippen molar-refractivity contribution in [3.63, 3.8) is 0 Å². The lowest BCUT2D eigenvalue weighted by molar-refractivity contribution is 0.216. The van der Waals surface area contributed by atoms with Crippen LogP contribution in [0.3, 0.4) is 0 Å². The molecular formula is C19H20N4O. The van der Waals surface area contributed by atoms with E-state index in [1.54, 1.807) is 0 Å². The first-order chi connectivity index (χ1) is 11.7. The quantitative estimate of drug-likeness (QED) is 0.786. The Kier molecular flexibility index (Phi) is 3.78. The lowest BCUT2D eigenvalue weighted by atomic mass is 10.1. The summed E-state index contributed by atoms with van der Waals surface area (Å²) in [6, 6.07) is 14.3. The van der Waals surface area contributed by atoms with E-state index in [1.165, 1.54) is 5.56 Å². The van der Waals surface area contributed by atoms with E-state index in [2.05, 4.69) is 27.0 Å². The molecule has 4 rings (SSSR count). The Balaban J connectivity index is 1.61. The van der Waals surface area contributed by atoms with Crippen LogP contribution >= 0.6 is 0 Å². The van der Waals surface area contributed by atoms with Gasteiger partial charge in [0.2, 0.25) is 0 Å². The van der Waals surface area contributed by atoms with E-state index in [4.69, 9.17) is 10.5 Å². The van der Waals surface area contributed by atoms with Crippen LogP contribution in [0.5, 0.6) is 5.75 Å². The summed E-state index contributed by atoms with van der Waals surface area (Å²) in [5.74, 6) is 2.27. The zero-order valence-electron chi connectivity index (χ0n) is 13.7. The molecular weight excluding hydrogens is 300 g/mol. The molecule has 0 radical (unpaired) electrons. The van der Waals surface area contributed by atoms with Crippen LogP contribution in [0.4, 0.5) is 5.82 Å². The summed E-state index contributed by atoms with van der Waals surface area (Å²) in [5, 5.41) is 0.920. The standard InChI is InChI=1S/C19H20N4O/c1-13-6-7-16-15(10-13)19(20)22-18(21-16)12-23-8-9-24-17-5-3-2-4-14(17)11-23/h2-7,10H,8-9,11-12H2,1H3,(H2,20,21,22). The number of nitrogens with zero attached hydrogens (tertiary/aromatic N) is 3. The molecule has 2 heterocycles. The van der Waals surface area contributed by atoms with Gasteiger partial charge in [-0.15, -0.1) is 0 Å². The number of anilines is 1. The van der Waals surface area contributed by atoms with Crippen molar-refractivity contribution in [2.75, 3.05) is 18.9 Å². The summed E-state index contributed by atoms with van der Waals surface area (Å²) in [7, 11) is 0. The maximum atomic E-state index is 6.14. The van der Waals surface area contributed by atoms with Crippen LogP contribution in [0.25, 0.3) is 10.9 Å². The Morgan fingerprint density at radius 1 is 1.17 bits per heavy atom. The van der Waals surface area contributed by atoms with Crippen LogP contribution in [0.15, 0.2) is 42.5 Å². The predicted molar refractivity (Wildman–Crippen MR) is 94.7 cm³/mol. The second kappa shape index (κ2) is 6.09. The van der Waals surface area contributed by atoms with E-state index in [-0.39, 0.29) is 0 Å². The summed E-state index contributed by atoms with van der Waals surface area (Å²) in [6.07, 6.45) is 0. The Morgan fingerprint density at radius 3 is 2.96 bits per heavy atom. The van der Waals surface area contributed by atoms with Crippen molar-refractivity contribution in [2.45, 2.75) is 20.0 Å². The first-order valence-electron chi connectivity index (χ1n) is 8.15. The molecule has 0 unspecified atom stereocenters. The summed E-state index contributed by atoms with van der Waals surface area (Å²) in [4.78, 5) is 11.5. The van der Waals surface area contributed by atoms with Gasteiger partial charge >= 0.3 is 0 Å². The van der Waals surface area contributed by atoms with Crippen LogP contribution < -0.4 is 10.5 Å². The first-order valence-corrected chi connectivity index (χ1v) is 8.15. The molecule has 2 aromatic carbocycles. The van der Waals surface area contributed by atoms with E-state index >= 15 is 0 Å². The first kappa shape index (κ1) is 14.9. The van der Waals surface area contributed by atoms with E-state index in [0.29, 0.717) is 19.0 Å². The minimum atomic E-state index is 0.546. The molecule has 1 aliphatic heterocycles. The SMILES string of the molecule is Cc1ccc2nc(CN3CCOc4ccccc4C3)nc(N)c2c1. The van der Waals surface area contributed by atoms with Crippen LogP contribution in [0.2, 0.25) is 0 Å². The van der Waals surface area contributed by atoms with Gasteiger partial charge in [0, 0.05) is 24.0 Å². The number of fused-ring (bicyclic) bond motifs is 2. The van der Waals surface area contributed by atoms with Gasteiger partial charge in [-0.3, -0.25) is 4.90 Å². The Hall–Kier alpha value is -2.66. The highest BCUT2D eigenvalue weighted by atomic mass is 16.5. The third kappa shape index (κ3) is 2.90. The second-order valence-corrected chi connectivity index (χ2v) is 6.21. The van der Waals surface area contributed by atoms with E-state index < -0.39 is 0 Å². The lowest BCUT2D eigenvalue weighted by Gasteiger charge is -2.18. The van der Waals surface area contributed by atoms with E-state index in [9.17, 15) is 0 Å². The highest BCUT2D eigenvalue weighted by molar-refractivity contribution is 5.88. The number of nitrogen functional groups attached to an aromatic ring is 1.